The van der Waals surface area contributed by atoms with E-state index in [1.165, 1.54) is 5.56 Å². The van der Waals surface area contributed by atoms with Crippen LogP contribution in [0.25, 0.3) is 11.3 Å². The van der Waals surface area contributed by atoms with Crippen LogP contribution >= 0.6 is 0 Å². The average Bonchev–Trinajstić information content (AvgIpc) is 2.68. The number of hydrogen-bond donors (Lipinski definition) is 1. The summed E-state index contributed by atoms with van der Waals surface area (Å²) >= 11 is 0. The zero-order chi connectivity index (χ0) is 19.2. The van der Waals surface area contributed by atoms with Crippen molar-refractivity contribution in [1.82, 2.24) is 15.3 Å². The summed E-state index contributed by atoms with van der Waals surface area (Å²) in [6.45, 7) is 8.93. The summed E-state index contributed by atoms with van der Waals surface area (Å²) in [7, 11) is 0. The van der Waals surface area contributed by atoms with Gasteiger partial charge in [0, 0.05) is 37.2 Å². The molecule has 1 aliphatic rings. The number of aromatic nitrogens is 2. The minimum Gasteiger partial charge on any atom is -0.356 e. The fraction of sp³-hybridized carbons (Fsp3) is 0.500. The molecule has 0 radical (unpaired) electrons. The molecule has 1 saturated heterocycles. The molecule has 5 heteroatoms. The lowest BCUT2D eigenvalue weighted by Crippen LogP contribution is -2.41. The number of carbonyl (C=O) groups excluding carboxylic acids is 1. The van der Waals surface area contributed by atoms with E-state index in [0.29, 0.717) is 5.92 Å². The Morgan fingerprint density at radius 1 is 1.22 bits per heavy atom. The number of nitrogens with one attached hydrogen (secondary N) is 1. The van der Waals surface area contributed by atoms with Crippen molar-refractivity contribution in [2.24, 2.45) is 11.8 Å². The Bertz CT molecular complexity index is 766. The Morgan fingerprint density at radius 3 is 2.70 bits per heavy atom. The molecule has 5 nitrogen and oxygen atoms in total. The highest BCUT2D eigenvalue weighted by Gasteiger charge is 2.25. The molecule has 0 atom stereocenters. The SMILES string of the molecule is Cc1cccc(-c2cc(N3CCC(C(=O)NCCC(C)C)CC3)ncn2)c1. The van der Waals surface area contributed by atoms with Crippen LogP contribution in [0.5, 0.6) is 0 Å². The van der Waals surface area contributed by atoms with Crippen molar-refractivity contribution in [3.8, 4) is 11.3 Å². The van der Waals surface area contributed by atoms with E-state index in [4.69, 9.17) is 0 Å². The highest BCUT2D eigenvalue weighted by Crippen LogP contribution is 2.25. The molecule has 0 aliphatic carbocycles. The average molecular weight is 367 g/mol. The molecule has 1 aliphatic heterocycles. The Balaban J connectivity index is 1.58. The van der Waals surface area contributed by atoms with Crippen LogP contribution in [0, 0.1) is 18.8 Å². The molecule has 1 aromatic carbocycles. The number of benzene rings is 1. The van der Waals surface area contributed by atoms with Crippen LogP contribution in [-0.2, 0) is 4.79 Å². The molecule has 0 saturated carbocycles. The molecule has 3 rings (SSSR count). The molecule has 1 N–H and O–H groups in total. The van der Waals surface area contributed by atoms with E-state index in [1.54, 1.807) is 6.33 Å². The molecule has 0 spiro atoms. The summed E-state index contributed by atoms with van der Waals surface area (Å²) in [4.78, 5) is 23.5. The molecule has 2 aromatic rings. The molecule has 144 valence electrons. The van der Waals surface area contributed by atoms with Crippen molar-refractivity contribution in [2.45, 2.75) is 40.0 Å². The Kier molecular flexibility index (Phi) is 6.43. The fourth-order valence-corrected chi connectivity index (χ4v) is 3.48. The van der Waals surface area contributed by atoms with Gasteiger partial charge < -0.3 is 10.2 Å². The van der Waals surface area contributed by atoms with E-state index in [1.807, 2.05) is 0 Å². The molecular weight excluding hydrogens is 336 g/mol. The van der Waals surface area contributed by atoms with Crippen LogP contribution in [0.15, 0.2) is 36.7 Å². The third-order valence-electron chi connectivity index (χ3n) is 5.18. The minimum absolute atomic E-state index is 0.117. The number of rotatable bonds is 6. The van der Waals surface area contributed by atoms with Crippen LogP contribution in [-0.4, -0.2) is 35.5 Å². The Hall–Kier alpha value is -2.43. The highest BCUT2D eigenvalue weighted by molar-refractivity contribution is 5.79. The van der Waals surface area contributed by atoms with Gasteiger partial charge in [-0.15, -0.1) is 0 Å². The molecule has 2 heterocycles. The van der Waals surface area contributed by atoms with E-state index < -0.39 is 0 Å². The quantitative estimate of drug-likeness (QED) is 0.844. The van der Waals surface area contributed by atoms with Gasteiger partial charge in [-0.2, -0.15) is 0 Å². The first-order valence-electron chi connectivity index (χ1n) is 9.94. The second-order valence-corrected chi connectivity index (χ2v) is 7.87. The summed E-state index contributed by atoms with van der Waals surface area (Å²) < 4.78 is 0. The monoisotopic (exact) mass is 366 g/mol. The largest absolute Gasteiger partial charge is 0.356 e. The predicted octanol–water partition coefficient (Wildman–Crippen LogP) is 3.83. The minimum atomic E-state index is 0.117. The van der Waals surface area contributed by atoms with Gasteiger partial charge in [-0.3, -0.25) is 4.79 Å². The summed E-state index contributed by atoms with van der Waals surface area (Å²) in [5, 5.41) is 3.09. The molecule has 0 unspecified atom stereocenters. The van der Waals surface area contributed by atoms with E-state index >= 15 is 0 Å². The summed E-state index contributed by atoms with van der Waals surface area (Å²) in [6.07, 6.45) is 4.42. The lowest BCUT2D eigenvalue weighted by Gasteiger charge is -2.32. The lowest BCUT2D eigenvalue weighted by atomic mass is 9.95. The molecule has 27 heavy (non-hydrogen) atoms. The maximum Gasteiger partial charge on any atom is 0.223 e. The van der Waals surface area contributed by atoms with Crippen molar-refractivity contribution in [3.05, 3.63) is 42.2 Å². The Morgan fingerprint density at radius 2 is 2.00 bits per heavy atom. The second kappa shape index (κ2) is 8.98. The van der Waals surface area contributed by atoms with Gasteiger partial charge in [0.05, 0.1) is 5.69 Å². The third kappa shape index (κ3) is 5.28. The van der Waals surface area contributed by atoms with Crippen LogP contribution in [0.2, 0.25) is 0 Å². The zero-order valence-corrected chi connectivity index (χ0v) is 16.6. The molecule has 1 amide bonds. The standard InChI is InChI=1S/C22H30N4O/c1-16(2)7-10-23-22(27)18-8-11-26(12-9-18)21-14-20(24-15-25-21)19-6-4-5-17(3)13-19/h4-6,13-16,18H,7-12H2,1-3H3,(H,23,27). The van der Waals surface area contributed by atoms with Gasteiger partial charge in [-0.05, 0) is 38.2 Å². The second-order valence-electron chi connectivity index (χ2n) is 7.87. The smallest absolute Gasteiger partial charge is 0.223 e. The maximum absolute atomic E-state index is 12.3. The van der Waals surface area contributed by atoms with E-state index in [-0.39, 0.29) is 11.8 Å². The number of nitrogens with zero attached hydrogens (tertiary/aromatic N) is 3. The van der Waals surface area contributed by atoms with Gasteiger partial charge in [0.15, 0.2) is 0 Å². The summed E-state index contributed by atoms with van der Waals surface area (Å²) in [5.41, 5.74) is 3.27. The van der Waals surface area contributed by atoms with Gasteiger partial charge in [0.2, 0.25) is 5.91 Å². The maximum atomic E-state index is 12.3. The van der Waals surface area contributed by atoms with Crippen LogP contribution < -0.4 is 10.2 Å². The number of aryl methyl sites for hydroxylation is 1. The van der Waals surface area contributed by atoms with Crippen molar-refractivity contribution in [3.63, 3.8) is 0 Å². The number of piperidine rings is 1. The normalized spacial score (nSPS) is 15.2. The Labute approximate surface area is 162 Å². The van der Waals surface area contributed by atoms with Gasteiger partial charge in [-0.25, -0.2) is 9.97 Å². The topological polar surface area (TPSA) is 58.1 Å². The zero-order valence-electron chi connectivity index (χ0n) is 16.6. The number of carbonyl (C=O) groups is 1. The van der Waals surface area contributed by atoms with Crippen LogP contribution in [0.3, 0.4) is 0 Å². The molecule has 1 aromatic heterocycles. The number of anilines is 1. The van der Waals surface area contributed by atoms with Crippen molar-refractivity contribution >= 4 is 11.7 Å². The molecule has 0 bridgehead atoms. The highest BCUT2D eigenvalue weighted by atomic mass is 16.1. The summed E-state index contributed by atoms with van der Waals surface area (Å²) in [6, 6.07) is 10.4. The van der Waals surface area contributed by atoms with Crippen molar-refractivity contribution in [2.75, 3.05) is 24.5 Å². The first-order valence-corrected chi connectivity index (χ1v) is 9.94. The van der Waals surface area contributed by atoms with Crippen molar-refractivity contribution in [1.29, 1.82) is 0 Å². The van der Waals surface area contributed by atoms with Crippen LogP contribution in [0.1, 0.15) is 38.7 Å². The van der Waals surface area contributed by atoms with Crippen molar-refractivity contribution < 1.29 is 4.79 Å². The van der Waals surface area contributed by atoms with Crippen LogP contribution in [0.4, 0.5) is 5.82 Å². The van der Waals surface area contributed by atoms with Gasteiger partial charge in [-0.1, -0.05) is 37.6 Å². The predicted molar refractivity (Wildman–Crippen MR) is 110 cm³/mol. The third-order valence-corrected chi connectivity index (χ3v) is 5.18. The lowest BCUT2D eigenvalue weighted by molar-refractivity contribution is -0.125. The number of amides is 1. The fourth-order valence-electron chi connectivity index (χ4n) is 3.48. The van der Waals surface area contributed by atoms with Gasteiger partial charge in [0.25, 0.3) is 0 Å². The number of hydrogen-bond acceptors (Lipinski definition) is 4. The van der Waals surface area contributed by atoms with E-state index in [0.717, 1.165) is 56.0 Å². The van der Waals surface area contributed by atoms with E-state index in [9.17, 15) is 4.79 Å². The first kappa shape index (κ1) is 19.3. The molecular formula is C22H30N4O. The molecule has 1 fully saturated rings. The van der Waals surface area contributed by atoms with Gasteiger partial charge in [0.1, 0.15) is 12.1 Å². The van der Waals surface area contributed by atoms with Gasteiger partial charge >= 0.3 is 0 Å². The summed E-state index contributed by atoms with van der Waals surface area (Å²) in [5.74, 6) is 1.89. The van der Waals surface area contributed by atoms with E-state index in [2.05, 4.69) is 71.3 Å². The first-order chi connectivity index (χ1) is 13.0.